The Morgan fingerprint density at radius 1 is 1.21 bits per heavy atom. The maximum absolute atomic E-state index is 12.2. The van der Waals surface area contributed by atoms with Gasteiger partial charge in [0.25, 0.3) is 5.56 Å². The molecule has 0 bridgehead atoms. The molecular formula is C12H19N5O2. The largest absolute Gasteiger partial charge is 0.332 e. The zero-order valence-corrected chi connectivity index (χ0v) is 11.7. The Labute approximate surface area is 110 Å². The molecule has 0 aliphatic heterocycles. The van der Waals surface area contributed by atoms with Crippen LogP contribution < -0.4 is 17.0 Å². The molecule has 2 rings (SSSR count). The summed E-state index contributed by atoms with van der Waals surface area (Å²) in [6.07, 6.45) is 0. The molecule has 2 N–H and O–H groups in total. The molecule has 0 aliphatic rings. The maximum Gasteiger partial charge on any atom is 0.332 e. The minimum atomic E-state index is -0.340. The van der Waals surface area contributed by atoms with E-state index in [9.17, 15) is 9.59 Å². The summed E-state index contributed by atoms with van der Waals surface area (Å²) in [6.45, 7) is 4.76. The topological polar surface area (TPSA) is 87.8 Å². The molecule has 0 amide bonds. The van der Waals surface area contributed by atoms with Crippen LogP contribution in [-0.4, -0.2) is 18.7 Å². The van der Waals surface area contributed by atoms with Gasteiger partial charge in [0.15, 0.2) is 11.2 Å². The molecule has 0 aliphatic carbocycles. The molecule has 0 radical (unpaired) electrons. The minimum absolute atomic E-state index is 0.226. The monoisotopic (exact) mass is 265 g/mol. The van der Waals surface area contributed by atoms with Crippen molar-refractivity contribution in [2.24, 2.45) is 25.7 Å². The van der Waals surface area contributed by atoms with Gasteiger partial charge >= 0.3 is 5.69 Å². The van der Waals surface area contributed by atoms with Gasteiger partial charge in [0.05, 0.1) is 6.54 Å². The van der Waals surface area contributed by atoms with E-state index in [1.807, 2.05) is 13.8 Å². The third kappa shape index (κ3) is 1.99. The zero-order chi connectivity index (χ0) is 14.3. The van der Waals surface area contributed by atoms with Crippen LogP contribution >= 0.6 is 0 Å². The molecule has 0 fully saturated rings. The number of nitrogens with zero attached hydrogens (tertiary/aromatic N) is 4. The summed E-state index contributed by atoms with van der Waals surface area (Å²) in [5.41, 5.74) is 5.77. The molecule has 7 heteroatoms. The molecule has 104 valence electrons. The number of hydrogen-bond donors (Lipinski definition) is 1. The Kier molecular flexibility index (Phi) is 3.32. The van der Waals surface area contributed by atoms with Gasteiger partial charge in [-0.25, -0.2) is 9.78 Å². The van der Waals surface area contributed by atoms with Crippen molar-refractivity contribution in [2.45, 2.75) is 26.9 Å². The number of fused-ring (bicyclic) bond motifs is 1. The summed E-state index contributed by atoms with van der Waals surface area (Å²) in [7, 11) is 3.22. The van der Waals surface area contributed by atoms with Gasteiger partial charge in [-0.15, -0.1) is 0 Å². The van der Waals surface area contributed by atoms with Crippen molar-refractivity contribution in [1.29, 1.82) is 0 Å². The molecule has 0 saturated carbocycles. The van der Waals surface area contributed by atoms with Gasteiger partial charge in [0.1, 0.15) is 5.82 Å². The van der Waals surface area contributed by atoms with Crippen LogP contribution in [0, 0.1) is 5.92 Å². The van der Waals surface area contributed by atoms with Gasteiger partial charge in [-0.3, -0.25) is 13.9 Å². The van der Waals surface area contributed by atoms with Crippen molar-refractivity contribution in [3.05, 3.63) is 26.7 Å². The average Bonchev–Trinajstić information content (AvgIpc) is 2.69. The van der Waals surface area contributed by atoms with Crippen LogP contribution in [0.15, 0.2) is 9.59 Å². The van der Waals surface area contributed by atoms with E-state index in [0.29, 0.717) is 23.5 Å². The van der Waals surface area contributed by atoms with E-state index in [1.54, 1.807) is 16.2 Å². The van der Waals surface area contributed by atoms with Gasteiger partial charge in [0.2, 0.25) is 0 Å². The predicted octanol–water partition coefficient (Wildman–Crippen LogP) is -0.452. The first-order chi connectivity index (χ1) is 8.88. The van der Waals surface area contributed by atoms with Crippen LogP contribution in [0.1, 0.15) is 19.7 Å². The van der Waals surface area contributed by atoms with Crippen molar-refractivity contribution in [1.82, 2.24) is 18.7 Å². The number of rotatable bonds is 3. The SMILES string of the molecule is CC(C)Cn1c(=O)n(C)c(=O)c2c1nc(CN)n2C. The lowest BCUT2D eigenvalue weighted by Gasteiger charge is -2.11. The molecule has 0 spiro atoms. The maximum atomic E-state index is 12.2. The lowest BCUT2D eigenvalue weighted by molar-refractivity contribution is 0.500. The van der Waals surface area contributed by atoms with Crippen LogP contribution in [0.3, 0.4) is 0 Å². The first kappa shape index (κ1) is 13.5. The minimum Gasteiger partial charge on any atom is -0.324 e. The normalized spacial score (nSPS) is 11.7. The Morgan fingerprint density at radius 2 is 1.84 bits per heavy atom. The molecule has 0 atom stereocenters. The van der Waals surface area contributed by atoms with Crippen LogP contribution in [-0.2, 0) is 27.2 Å². The Hall–Kier alpha value is -1.89. The highest BCUT2D eigenvalue weighted by atomic mass is 16.2. The molecule has 19 heavy (non-hydrogen) atoms. The average molecular weight is 265 g/mol. The van der Waals surface area contributed by atoms with E-state index in [2.05, 4.69) is 4.98 Å². The summed E-state index contributed by atoms with van der Waals surface area (Å²) in [4.78, 5) is 28.7. The van der Waals surface area contributed by atoms with Crippen molar-refractivity contribution in [2.75, 3.05) is 0 Å². The lowest BCUT2D eigenvalue weighted by Crippen LogP contribution is -2.39. The molecule has 2 aromatic heterocycles. The highest BCUT2D eigenvalue weighted by Crippen LogP contribution is 2.10. The highest BCUT2D eigenvalue weighted by molar-refractivity contribution is 5.71. The van der Waals surface area contributed by atoms with E-state index in [4.69, 9.17) is 5.73 Å². The molecule has 2 aromatic rings. The Bertz CT molecular complexity index is 735. The van der Waals surface area contributed by atoms with E-state index in [0.717, 1.165) is 4.57 Å². The van der Waals surface area contributed by atoms with Gasteiger partial charge in [-0.1, -0.05) is 13.8 Å². The fraction of sp³-hybridized carbons (Fsp3) is 0.583. The quantitative estimate of drug-likeness (QED) is 0.814. The van der Waals surface area contributed by atoms with Gasteiger partial charge in [-0.2, -0.15) is 0 Å². The Balaban J connectivity index is 2.95. The van der Waals surface area contributed by atoms with Crippen molar-refractivity contribution < 1.29 is 0 Å². The second kappa shape index (κ2) is 4.65. The van der Waals surface area contributed by atoms with Crippen molar-refractivity contribution in [3.63, 3.8) is 0 Å². The fourth-order valence-corrected chi connectivity index (χ4v) is 2.19. The smallest absolute Gasteiger partial charge is 0.324 e. The third-order valence-corrected chi connectivity index (χ3v) is 3.18. The Morgan fingerprint density at radius 3 is 2.37 bits per heavy atom. The first-order valence-corrected chi connectivity index (χ1v) is 6.23. The summed E-state index contributed by atoms with van der Waals surface area (Å²) in [5.74, 6) is 0.872. The summed E-state index contributed by atoms with van der Waals surface area (Å²) < 4.78 is 4.32. The highest BCUT2D eigenvalue weighted by Gasteiger charge is 2.18. The van der Waals surface area contributed by atoms with Gasteiger partial charge < -0.3 is 10.3 Å². The van der Waals surface area contributed by atoms with E-state index in [-0.39, 0.29) is 23.7 Å². The van der Waals surface area contributed by atoms with Gasteiger partial charge in [0, 0.05) is 20.6 Å². The van der Waals surface area contributed by atoms with E-state index < -0.39 is 0 Å². The zero-order valence-electron chi connectivity index (χ0n) is 11.7. The van der Waals surface area contributed by atoms with Crippen LogP contribution in [0.2, 0.25) is 0 Å². The molecule has 7 nitrogen and oxygen atoms in total. The standard InChI is InChI=1S/C12H19N5O2/c1-7(2)6-17-10-9(11(18)16(4)12(17)19)15(3)8(5-13)14-10/h7H,5-6,13H2,1-4H3. The number of aryl methyl sites for hydroxylation is 1. The van der Waals surface area contributed by atoms with E-state index >= 15 is 0 Å². The fourth-order valence-electron chi connectivity index (χ4n) is 2.19. The van der Waals surface area contributed by atoms with Gasteiger partial charge in [-0.05, 0) is 5.92 Å². The molecule has 0 aromatic carbocycles. The van der Waals surface area contributed by atoms with E-state index in [1.165, 1.54) is 7.05 Å². The number of aromatic nitrogens is 4. The number of hydrogen-bond acceptors (Lipinski definition) is 4. The summed E-state index contributed by atoms with van der Waals surface area (Å²) in [6, 6.07) is 0. The molecule has 0 unspecified atom stereocenters. The molecular weight excluding hydrogens is 246 g/mol. The van der Waals surface area contributed by atoms with Crippen LogP contribution in [0.5, 0.6) is 0 Å². The third-order valence-electron chi connectivity index (χ3n) is 3.18. The second-order valence-corrected chi connectivity index (χ2v) is 5.11. The lowest BCUT2D eigenvalue weighted by atomic mass is 10.2. The predicted molar refractivity (Wildman–Crippen MR) is 72.9 cm³/mol. The summed E-state index contributed by atoms with van der Waals surface area (Å²) >= 11 is 0. The van der Waals surface area contributed by atoms with Crippen LogP contribution in [0.25, 0.3) is 11.2 Å². The molecule has 0 saturated heterocycles. The van der Waals surface area contributed by atoms with Crippen molar-refractivity contribution >= 4 is 11.2 Å². The number of nitrogens with two attached hydrogens (primary N) is 1. The second-order valence-electron chi connectivity index (χ2n) is 5.11. The van der Waals surface area contributed by atoms with Crippen LogP contribution in [0.4, 0.5) is 0 Å². The number of imidazole rings is 1. The first-order valence-electron chi connectivity index (χ1n) is 6.23. The summed E-state index contributed by atoms with van der Waals surface area (Å²) in [5, 5.41) is 0. The van der Waals surface area contributed by atoms with Crippen molar-refractivity contribution in [3.8, 4) is 0 Å². The molecule has 2 heterocycles.